The van der Waals surface area contributed by atoms with Gasteiger partial charge in [0.15, 0.2) is 0 Å². The van der Waals surface area contributed by atoms with E-state index in [1.54, 1.807) is 29.2 Å². The lowest BCUT2D eigenvalue weighted by Gasteiger charge is -2.36. The first kappa shape index (κ1) is 24.4. The summed E-state index contributed by atoms with van der Waals surface area (Å²) in [5.41, 5.74) is 0.674. The van der Waals surface area contributed by atoms with Crippen molar-refractivity contribution in [3.05, 3.63) is 53.6 Å². The van der Waals surface area contributed by atoms with Crippen LogP contribution in [0.2, 0.25) is 5.02 Å². The van der Waals surface area contributed by atoms with Crippen molar-refractivity contribution >= 4 is 46.8 Å². The lowest BCUT2D eigenvalue weighted by Crippen LogP contribution is -2.54. The van der Waals surface area contributed by atoms with E-state index in [2.05, 4.69) is 6.08 Å². The Hall–Kier alpha value is -2.29. The van der Waals surface area contributed by atoms with Crippen LogP contribution in [0, 0.1) is 11.8 Å². The Balaban J connectivity index is 1.63. The smallest absolute Gasteiger partial charge is 0.311 e. The SMILES string of the molecule is C[C@@]12/C=C\CCCCOC(=O)[C@@H]1[C@H]1C(=O)N(CCO)C3C(=O)N(c4ccc(Cl)cc4)CC=C[C@@]31S2. The minimum atomic E-state index is -0.957. The first-order valence-electron chi connectivity index (χ1n) is 12.0. The van der Waals surface area contributed by atoms with Crippen LogP contribution in [0.3, 0.4) is 0 Å². The van der Waals surface area contributed by atoms with Gasteiger partial charge < -0.3 is 19.6 Å². The maximum atomic E-state index is 14.1. The van der Waals surface area contributed by atoms with Gasteiger partial charge in [0.25, 0.3) is 5.91 Å². The first-order valence-corrected chi connectivity index (χ1v) is 13.2. The van der Waals surface area contributed by atoms with Gasteiger partial charge in [-0.05, 0) is 50.5 Å². The number of nitrogens with zero attached hydrogens (tertiary/aromatic N) is 2. The van der Waals surface area contributed by atoms with E-state index in [1.807, 2.05) is 25.2 Å². The molecule has 4 aliphatic heterocycles. The number of rotatable bonds is 3. The molecule has 0 radical (unpaired) electrons. The van der Waals surface area contributed by atoms with Crippen LogP contribution in [0.15, 0.2) is 48.6 Å². The Bertz CT molecular complexity index is 1090. The molecule has 1 N–H and O–H groups in total. The molecular formula is C26H29ClN2O5S. The van der Waals surface area contributed by atoms with Crippen LogP contribution >= 0.6 is 23.4 Å². The highest BCUT2D eigenvalue weighted by Gasteiger charge is 2.73. The summed E-state index contributed by atoms with van der Waals surface area (Å²) in [7, 11) is 0. The van der Waals surface area contributed by atoms with Crippen molar-refractivity contribution in [3.8, 4) is 0 Å². The number of anilines is 1. The number of aliphatic hydroxyl groups is 1. The summed E-state index contributed by atoms with van der Waals surface area (Å²) >= 11 is 7.57. The fourth-order valence-electron chi connectivity index (χ4n) is 6.00. The normalized spacial score (nSPS) is 35.7. The molecule has 1 aromatic carbocycles. The first-order chi connectivity index (χ1) is 16.8. The number of likely N-dealkylation sites (tertiary alicyclic amines) is 1. The van der Waals surface area contributed by atoms with Crippen LogP contribution in [0.1, 0.15) is 26.2 Å². The summed E-state index contributed by atoms with van der Waals surface area (Å²) in [6.45, 7) is 2.36. The van der Waals surface area contributed by atoms with Crippen molar-refractivity contribution in [2.24, 2.45) is 11.8 Å². The number of fused-ring (bicyclic) bond motifs is 2. The molecule has 2 saturated heterocycles. The quantitative estimate of drug-likeness (QED) is 0.490. The van der Waals surface area contributed by atoms with Gasteiger partial charge in [-0.15, -0.1) is 11.8 Å². The van der Waals surface area contributed by atoms with Gasteiger partial charge in [-0.25, -0.2) is 0 Å². The van der Waals surface area contributed by atoms with Crippen LogP contribution in [0.4, 0.5) is 5.69 Å². The van der Waals surface area contributed by atoms with Crippen LogP contribution in [0.25, 0.3) is 0 Å². The fourth-order valence-corrected chi connectivity index (χ4v) is 8.28. The van der Waals surface area contributed by atoms with Gasteiger partial charge >= 0.3 is 5.97 Å². The Morgan fingerprint density at radius 2 is 1.86 bits per heavy atom. The summed E-state index contributed by atoms with van der Waals surface area (Å²) in [6.07, 6.45) is 10.5. The molecule has 0 aliphatic carbocycles. The number of ether oxygens (including phenoxy) is 1. The second-order valence-electron chi connectivity index (χ2n) is 9.65. The number of thioether (sulfide) groups is 1. The Morgan fingerprint density at radius 1 is 1.09 bits per heavy atom. The van der Waals surface area contributed by atoms with Gasteiger partial charge in [0.05, 0.1) is 29.8 Å². The van der Waals surface area contributed by atoms with Gasteiger partial charge in [-0.2, -0.15) is 0 Å². The number of carbonyl (C=O) groups is 3. The minimum Gasteiger partial charge on any atom is -0.465 e. The van der Waals surface area contributed by atoms with Crippen molar-refractivity contribution in [3.63, 3.8) is 0 Å². The van der Waals surface area contributed by atoms with E-state index in [0.717, 1.165) is 19.3 Å². The molecule has 1 aromatic rings. The van der Waals surface area contributed by atoms with E-state index in [-0.39, 0.29) is 25.0 Å². The molecule has 9 heteroatoms. The third-order valence-corrected chi connectivity index (χ3v) is 9.53. The highest BCUT2D eigenvalue weighted by atomic mass is 35.5. The summed E-state index contributed by atoms with van der Waals surface area (Å²) in [5.74, 6) is -2.43. The van der Waals surface area contributed by atoms with Gasteiger partial charge in [0, 0.05) is 28.5 Å². The van der Waals surface area contributed by atoms with E-state index < -0.39 is 33.3 Å². The maximum Gasteiger partial charge on any atom is 0.311 e. The van der Waals surface area contributed by atoms with Crippen molar-refractivity contribution in [2.45, 2.75) is 41.7 Å². The zero-order valence-electron chi connectivity index (χ0n) is 19.6. The molecule has 4 aliphatic rings. The van der Waals surface area contributed by atoms with E-state index in [9.17, 15) is 19.5 Å². The predicted molar refractivity (Wildman–Crippen MR) is 135 cm³/mol. The molecule has 1 spiro atoms. The molecule has 0 bridgehead atoms. The van der Waals surface area contributed by atoms with Crippen molar-refractivity contribution in [1.82, 2.24) is 4.90 Å². The molecule has 5 atom stereocenters. The topological polar surface area (TPSA) is 87.1 Å². The number of aliphatic hydroxyl groups excluding tert-OH is 1. The standard InChI is InChI=1S/C26H29ClN2O5S/c1-25-11-4-2-3-5-16-34-24(33)20(25)19-22(31)29(14-15-30)21-23(32)28(13-6-12-26(19,21)35-25)18-9-7-17(27)8-10-18/h4,6-12,19-21,30H,2-3,5,13-16H2,1H3/b11-4-/t19-,20-,21?,25+,26-/m0/s1. The van der Waals surface area contributed by atoms with E-state index in [4.69, 9.17) is 16.3 Å². The Morgan fingerprint density at radius 3 is 2.60 bits per heavy atom. The lowest BCUT2D eigenvalue weighted by atomic mass is 9.74. The number of allylic oxidation sites excluding steroid dienone is 1. The number of cyclic esters (lactones) is 1. The van der Waals surface area contributed by atoms with Crippen molar-refractivity contribution in [2.75, 3.05) is 31.2 Å². The number of β-amino-alcohol motifs (C(OH)–C–C–N with tert-alkyl or cyclic N) is 1. The molecule has 35 heavy (non-hydrogen) atoms. The summed E-state index contributed by atoms with van der Waals surface area (Å²) in [6, 6.07) is 6.15. The minimum absolute atomic E-state index is 0.0185. The Labute approximate surface area is 214 Å². The second kappa shape index (κ2) is 9.30. The molecule has 186 valence electrons. The third-order valence-electron chi connectivity index (χ3n) is 7.48. The average molecular weight is 517 g/mol. The van der Waals surface area contributed by atoms with Gasteiger partial charge in [0.1, 0.15) is 6.04 Å². The number of benzene rings is 1. The molecule has 5 rings (SSSR count). The highest BCUT2D eigenvalue weighted by Crippen LogP contribution is 2.65. The van der Waals surface area contributed by atoms with Crippen molar-refractivity contribution < 1.29 is 24.2 Å². The summed E-state index contributed by atoms with van der Waals surface area (Å²) in [5, 5.41) is 10.4. The number of carbonyl (C=O) groups excluding carboxylic acids is 3. The molecule has 7 nitrogen and oxygen atoms in total. The maximum absolute atomic E-state index is 14.1. The van der Waals surface area contributed by atoms with Gasteiger partial charge in [0.2, 0.25) is 5.91 Å². The third kappa shape index (κ3) is 3.90. The zero-order valence-corrected chi connectivity index (χ0v) is 21.1. The largest absolute Gasteiger partial charge is 0.465 e. The van der Waals surface area contributed by atoms with Gasteiger partial charge in [-0.1, -0.05) is 35.9 Å². The number of esters is 1. The van der Waals surface area contributed by atoms with E-state index in [0.29, 0.717) is 23.9 Å². The Kier molecular flexibility index (Phi) is 6.48. The molecule has 2 fully saturated rings. The van der Waals surface area contributed by atoms with E-state index in [1.165, 1.54) is 16.7 Å². The monoisotopic (exact) mass is 516 g/mol. The molecule has 0 saturated carbocycles. The van der Waals surface area contributed by atoms with Crippen LogP contribution in [0.5, 0.6) is 0 Å². The average Bonchev–Trinajstić information content (AvgIpc) is 3.15. The summed E-state index contributed by atoms with van der Waals surface area (Å²) < 4.78 is 3.98. The number of hydrogen-bond acceptors (Lipinski definition) is 6. The molecule has 2 amide bonds. The van der Waals surface area contributed by atoms with Crippen LogP contribution in [-0.2, 0) is 19.1 Å². The molecule has 4 heterocycles. The lowest BCUT2D eigenvalue weighted by molar-refractivity contribution is -0.154. The van der Waals surface area contributed by atoms with E-state index >= 15 is 0 Å². The summed E-state index contributed by atoms with van der Waals surface area (Å²) in [4.78, 5) is 44.6. The number of halogens is 1. The zero-order chi connectivity index (χ0) is 24.8. The van der Waals surface area contributed by atoms with Crippen molar-refractivity contribution in [1.29, 1.82) is 0 Å². The second-order valence-corrected chi connectivity index (χ2v) is 11.9. The predicted octanol–water partition coefficient (Wildman–Crippen LogP) is 3.21. The van der Waals surface area contributed by atoms with Gasteiger partial charge in [-0.3, -0.25) is 14.4 Å². The molecule has 0 aromatic heterocycles. The van der Waals surface area contributed by atoms with Crippen LogP contribution in [-0.4, -0.2) is 69.6 Å². The number of hydrogen-bond donors (Lipinski definition) is 1. The molecule has 1 unspecified atom stereocenters. The number of amides is 2. The highest BCUT2D eigenvalue weighted by molar-refractivity contribution is 8.02. The molecular weight excluding hydrogens is 488 g/mol. The fraction of sp³-hybridized carbons (Fsp3) is 0.500. The van der Waals surface area contributed by atoms with Crippen LogP contribution < -0.4 is 4.90 Å².